The molecule has 0 fully saturated rings. The maximum absolute atomic E-state index is 13.1. The molecule has 1 atom stereocenters. The summed E-state index contributed by atoms with van der Waals surface area (Å²) in [6.45, 7) is 0. The van der Waals surface area contributed by atoms with Gasteiger partial charge in [-0.15, -0.1) is 0 Å². The van der Waals surface area contributed by atoms with Crippen LogP contribution in [-0.4, -0.2) is 4.98 Å². The Kier molecular flexibility index (Phi) is 4.65. The predicted molar refractivity (Wildman–Crippen MR) is 76.6 cm³/mol. The van der Waals surface area contributed by atoms with E-state index in [1.807, 2.05) is 6.07 Å². The third-order valence-electron chi connectivity index (χ3n) is 2.63. The molecule has 0 saturated heterocycles. The lowest BCUT2D eigenvalue weighted by Gasteiger charge is -2.13. The summed E-state index contributed by atoms with van der Waals surface area (Å²) < 4.78 is 27.6. The van der Waals surface area contributed by atoms with Crippen LogP contribution in [0.25, 0.3) is 0 Å². The van der Waals surface area contributed by atoms with E-state index < -0.39 is 17.7 Å². The summed E-state index contributed by atoms with van der Waals surface area (Å²) in [5.74, 6) is -1.73. The van der Waals surface area contributed by atoms with Crippen molar-refractivity contribution in [2.45, 2.75) is 12.5 Å². The number of hydrogen-bond acceptors (Lipinski definition) is 2. The summed E-state index contributed by atoms with van der Waals surface area (Å²) in [7, 11) is 0. The Labute approximate surface area is 126 Å². The molecular weight excluding hydrogens is 382 g/mol. The number of nitrogens with zero attached hydrogens (tertiary/aromatic N) is 1. The number of aromatic nitrogens is 1. The van der Waals surface area contributed by atoms with Gasteiger partial charge in [0.15, 0.2) is 11.6 Å². The molecular formula is C13H10Br2F2N2. The molecule has 19 heavy (non-hydrogen) atoms. The molecule has 2 rings (SSSR count). The van der Waals surface area contributed by atoms with Crippen molar-refractivity contribution in [2.24, 2.45) is 5.73 Å². The number of rotatable bonds is 3. The lowest BCUT2D eigenvalue weighted by atomic mass is 10.0. The van der Waals surface area contributed by atoms with Gasteiger partial charge in [-0.1, -0.05) is 6.07 Å². The first-order valence-corrected chi connectivity index (χ1v) is 7.06. The molecule has 0 radical (unpaired) electrons. The smallest absolute Gasteiger partial charge is 0.159 e. The van der Waals surface area contributed by atoms with Gasteiger partial charge in [0.2, 0.25) is 0 Å². The standard InChI is InChI=1S/C13H10Br2F2N2/c14-8-5-9(15)13(19-6-8)12(18)4-7-1-2-10(16)11(17)3-7/h1-3,5-6,12H,4,18H2. The van der Waals surface area contributed by atoms with E-state index >= 15 is 0 Å². The fourth-order valence-electron chi connectivity index (χ4n) is 1.72. The summed E-state index contributed by atoms with van der Waals surface area (Å²) >= 11 is 6.69. The average Bonchev–Trinajstić information content (AvgIpc) is 2.33. The second-order valence-corrected chi connectivity index (χ2v) is 5.85. The highest BCUT2D eigenvalue weighted by atomic mass is 79.9. The fourth-order valence-corrected chi connectivity index (χ4v) is 3.00. The van der Waals surface area contributed by atoms with Crippen LogP contribution in [0.5, 0.6) is 0 Å². The minimum atomic E-state index is -0.868. The van der Waals surface area contributed by atoms with Crippen molar-refractivity contribution in [1.82, 2.24) is 4.98 Å². The highest BCUT2D eigenvalue weighted by molar-refractivity contribution is 9.11. The van der Waals surface area contributed by atoms with Crippen LogP contribution in [0.3, 0.4) is 0 Å². The van der Waals surface area contributed by atoms with Crippen LogP contribution < -0.4 is 5.73 Å². The number of benzene rings is 1. The Morgan fingerprint density at radius 1 is 1.16 bits per heavy atom. The molecule has 1 aromatic carbocycles. The van der Waals surface area contributed by atoms with E-state index in [9.17, 15) is 8.78 Å². The molecule has 6 heteroatoms. The molecule has 1 heterocycles. The van der Waals surface area contributed by atoms with Crippen LogP contribution in [0.15, 0.2) is 39.4 Å². The van der Waals surface area contributed by atoms with E-state index in [-0.39, 0.29) is 0 Å². The van der Waals surface area contributed by atoms with Crippen molar-refractivity contribution in [3.05, 3.63) is 62.3 Å². The number of hydrogen-bond donors (Lipinski definition) is 1. The molecule has 2 aromatic rings. The lowest BCUT2D eigenvalue weighted by Crippen LogP contribution is -2.15. The van der Waals surface area contributed by atoms with Gasteiger partial charge in [-0.2, -0.15) is 0 Å². The molecule has 0 amide bonds. The first kappa shape index (κ1) is 14.6. The first-order valence-electron chi connectivity index (χ1n) is 5.48. The molecule has 2 N–H and O–H groups in total. The van der Waals surface area contributed by atoms with Gasteiger partial charge in [0.25, 0.3) is 0 Å². The minimum Gasteiger partial charge on any atom is -0.322 e. The zero-order valence-corrected chi connectivity index (χ0v) is 12.9. The summed E-state index contributed by atoms with van der Waals surface area (Å²) in [4.78, 5) is 4.23. The van der Waals surface area contributed by atoms with E-state index in [1.165, 1.54) is 6.07 Å². The Morgan fingerprint density at radius 2 is 1.89 bits per heavy atom. The Balaban J connectivity index is 2.20. The molecule has 1 unspecified atom stereocenters. The third kappa shape index (κ3) is 3.58. The van der Waals surface area contributed by atoms with E-state index in [0.717, 1.165) is 21.1 Å². The Morgan fingerprint density at radius 3 is 2.53 bits per heavy atom. The van der Waals surface area contributed by atoms with Crippen LogP contribution in [0, 0.1) is 11.6 Å². The van der Waals surface area contributed by atoms with Crippen molar-refractivity contribution >= 4 is 31.9 Å². The molecule has 2 nitrogen and oxygen atoms in total. The van der Waals surface area contributed by atoms with E-state index in [1.54, 1.807) is 6.20 Å². The average molecular weight is 392 g/mol. The SMILES string of the molecule is NC(Cc1ccc(F)c(F)c1)c1ncc(Br)cc1Br. The van der Waals surface area contributed by atoms with Crippen molar-refractivity contribution < 1.29 is 8.78 Å². The van der Waals surface area contributed by atoms with Crippen LogP contribution in [0.1, 0.15) is 17.3 Å². The quantitative estimate of drug-likeness (QED) is 0.854. The van der Waals surface area contributed by atoms with Crippen molar-refractivity contribution in [3.63, 3.8) is 0 Å². The van der Waals surface area contributed by atoms with Crippen LogP contribution in [0.4, 0.5) is 8.78 Å². The van der Waals surface area contributed by atoms with Gasteiger partial charge in [0.05, 0.1) is 11.7 Å². The number of nitrogens with two attached hydrogens (primary N) is 1. The van der Waals surface area contributed by atoms with Crippen molar-refractivity contribution in [1.29, 1.82) is 0 Å². The summed E-state index contributed by atoms with van der Waals surface area (Å²) in [6, 6.07) is 5.22. The van der Waals surface area contributed by atoms with Crippen LogP contribution >= 0.6 is 31.9 Å². The van der Waals surface area contributed by atoms with E-state index in [4.69, 9.17) is 5.73 Å². The van der Waals surface area contributed by atoms with Gasteiger partial charge in [0.1, 0.15) is 0 Å². The molecule has 0 aliphatic rings. The van der Waals surface area contributed by atoms with Gasteiger partial charge in [-0.3, -0.25) is 4.98 Å². The first-order chi connectivity index (χ1) is 8.97. The minimum absolute atomic E-state index is 0.379. The largest absolute Gasteiger partial charge is 0.322 e. The zero-order valence-electron chi connectivity index (χ0n) is 9.71. The maximum atomic E-state index is 13.1. The predicted octanol–water partition coefficient (Wildman–Crippen LogP) is 4.13. The van der Waals surface area contributed by atoms with Gasteiger partial charge >= 0.3 is 0 Å². The maximum Gasteiger partial charge on any atom is 0.159 e. The summed E-state index contributed by atoms with van der Waals surface area (Å²) in [5, 5.41) is 0. The van der Waals surface area contributed by atoms with Gasteiger partial charge < -0.3 is 5.73 Å². The van der Waals surface area contributed by atoms with E-state index in [2.05, 4.69) is 36.8 Å². The Bertz CT molecular complexity index is 605. The van der Waals surface area contributed by atoms with Crippen molar-refractivity contribution in [3.8, 4) is 0 Å². The van der Waals surface area contributed by atoms with Crippen LogP contribution in [-0.2, 0) is 6.42 Å². The molecule has 0 saturated carbocycles. The molecule has 0 bridgehead atoms. The monoisotopic (exact) mass is 390 g/mol. The second kappa shape index (κ2) is 6.07. The number of halogens is 4. The van der Waals surface area contributed by atoms with Gasteiger partial charge in [-0.05, 0) is 62.0 Å². The third-order valence-corrected chi connectivity index (χ3v) is 3.70. The zero-order chi connectivity index (χ0) is 14.0. The molecule has 100 valence electrons. The lowest BCUT2D eigenvalue weighted by molar-refractivity contribution is 0.506. The molecule has 0 aliphatic carbocycles. The van der Waals surface area contributed by atoms with Crippen molar-refractivity contribution in [2.75, 3.05) is 0 Å². The summed E-state index contributed by atoms with van der Waals surface area (Å²) in [5.41, 5.74) is 7.34. The number of pyridine rings is 1. The summed E-state index contributed by atoms with van der Waals surface area (Å²) in [6.07, 6.45) is 2.02. The van der Waals surface area contributed by atoms with Gasteiger partial charge in [-0.25, -0.2) is 8.78 Å². The highest BCUT2D eigenvalue weighted by Crippen LogP contribution is 2.25. The highest BCUT2D eigenvalue weighted by Gasteiger charge is 2.14. The van der Waals surface area contributed by atoms with Crippen LogP contribution in [0.2, 0.25) is 0 Å². The normalized spacial score (nSPS) is 12.5. The molecule has 0 aliphatic heterocycles. The van der Waals surface area contributed by atoms with E-state index in [0.29, 0.717) is 17.7 Å². The second-order valence-electron chi connectivity index (χ2n) is 4.08. The van der Waals surface area contributed by atoms with Gasteiger partial charge in [0, 0.05) is 15.1 Å². The molecule has 1 aromatic heterocycles. The topological polar surface area (TPSA) is 38.9 Å². The molecule has 0 spiro atoms. The Hall–Kier alpha value is -0.850. The fraction of sp³-hybridized carbons (Fsp3) is 0.154.